The highest BCUT2D eigenvalue weighted by atomic mass is 16.6. The topological polar surface area (TPSA) is 91.6 Å². The molecule has 0 heterocycles. The van der Waals surface area contributed by atoms with Crippen molar-refractivity contribution in [1.82, 2.24) is 4.90 Å². The van der Waals surface area contributed by atoms with Crippen LogP contribution in [0.15, 0.2) is 58.8 Å². The highest BCUT2D eigenvalue weighted by Crippen LogP contribution is 2.20. The standard InChI is InChI=1S/C21H25N3O4/c1-21(2,3)28-19(26)13-24(4)20(27)16-7-11-18(12-8-16)23-22-17-9-5-15(14-25)6-10-17/h5-12,25H,13-14H2,1-4H3. The van der Waals surface area contributed by atoms with Crippen LogP contribution in [0, 0.1) is 0 Å². The van der Waals surface area contributed by atoms with E-state index in [1.807, 2.05) is 0 Å². The summed E-state index contributed by atoms with van der Waals surface area (Å²) in [5.41, 5.74) is 1.91. The maximum atomic E-state index is 12.4. The third kappa shape index (κ3) is 6.59. The minimum absolute atomic E-state index is 0.0186. The first kappa shape index (κ1) is 21.2. The molecular formula is C21H25N3O4. The molecule has 7 heteroatoms. The minimum atomic E-state index is -0.591. The zero-order chi connectivity index (χ0) is 20.7. The number of aliphatic hydroxyl groups excluding tert-OH is 1. The van der Waals surface area contributed by atoms with Gasteiger partial charge >= 0.3 is 5.97 Å². The van der Waals surface area contributed by atoms with Gasteiger partial charge in [-0.25, -0.2) is 0 Å². The maximum absolute atomic E-state index is 12.4. The molecule has 0 spiro atoms. The molecule has 0 saturated carbocycles. The molecule has 28 heavy (non-hydrogen) atoms. The fourth-order valence-electron chi connectivity index (χ4n) is 2.31. The van der Waals surface area contributed by atoms with Crippen molar-refractivity contribution in [3.05, 3.63) is 59.7 Å². The second-order valence-electron chi connectivity index (χ2n) is 7.32. The fraction of sp³-hybridized carbons (Fsp3) is 0.333. The number of carbonyl (C=O) groups is 2. The van der Waals surface area contributed by atoms with Crippen LogP contribution in [0.3, 0.4) is 0 Å². The summed E-state index contributed by atoms with van der Waals surface area (Å²) in [6, 6.07) is 13.7. The van der Waals surface area contributed by atoms with Crippen LogP contribution in [0.25, 0.3) is 0 Å². The highest BCUT2D eigenvalue weighted by molar-refractivity contribution is 5.96. The zero-order valence-electron chi connectivity index (χ0n) is 16.5. The predicted molar refractivity (Wildman–Crippen MR) is 106 cm³/mol. The molecule has 0 unspecified atom stereocenters. The second-order valence-corrected chi connectivity index (χ2v) is 7.32. The van der Waals surface area contributed by atoms with Crippen LogP contribution in [0.1, 0.15) is 36.7 Å². The number of hydrogen-bond acceptors (Lipinski definition) is 6. The van der Waals surface area contributed by atoms with E-state index in [9.17, 15) is 9.59 Å². The molecule has 1 N–H and O–H groups in total. The molecule has 0 aliphatic rings. The van der Waals surface area contributed by atoms with E-state index in [-0.39, 0.29) is 19.1 Å². The number of nitrogens with zero attached hydrogens (tertiary/aromatic N) is 3. The Morgan fingerprint density at radius 2 is 1.46 bits per heavy atom. The molecule has 0 radical (unpaired) electrons. The van der Waals surface area contributed by atoms with Gasteiger partial charge in [-0.05, 0) is 62.7 Å². The average molecular weight is 383 g/mol. The summed E-state index contributed by atoms with van der Waals surface area (Å²) in [7, 11) is 1.55. The zero-order valence-corrected chi connectivity index (χ0v) is 16.5. The van der Waals surface area contributed by atoms with Crippen LogP contribution in [-0.2, 0) is 16.1 Å². The first-order chi connectivity index (χ1) is 13.2. The van der Waals surface area contributed by atoms with Gasteiger partial charge in [0, 0.05) is 12.6 Å². The van der Waals surface area contributed by atoms with Crippen LogP contribution >= 0.6 is 0 Å². The smallest absolute Gasteiger partial charge is 0.326 e. The normalized spacial score (nSPS) is 11.5. The Hall–Kier alpha value is -3.06. The lowest BCUT2D eigenvalue weighted by atomic mass is 10.2. The Morgan fingerprint density at radius 3 is 1.93 bits per heavy atom. The van der Waals surface area contributed by atoms with E-state index in [0.717, 1.165) is 5.56 Å². The molecule has 2 rings (SSSR count). The molecular weight excluding hydrogens is 358 g/mol. The van der Waals surface area contributed by atoms with Crippen molar-refractivity contribution in [2.75, 3.05) is 13.6 Å². The summed E-state index contributed by atoms with van der Waals surface area (Å²) < 4.78 is 5.23. The van der Waals surface area contributed by atoms with Gasteiger partial charge in [-0.3, -0.25) is 9.59 Å². The van der Waals surface area contributed by atoms with Crippen LogP contribution in [-0.4, -0.2) is 41.1 Å². The first-order valence-corrected chi connectivity index (χ1v) is 8.87. The van der Waals surface area contributed by atoms with E-state index in [1.54, 1.807) is 76.3 Å². The Kier molecular flexibility index (Phi) is 7.00. The fourth-order valence-corrected chi connectivity index (χ4v) is 2.31. The van der Waals surface area contributed by atoms with Crippen LogP contribution in [0.4, 0.5) is 11.4 Å². The van der Waals surface area contributed by atoms with Gasteiger partial charge in [0.2, 0.25) is 0 Å². The van der Waals surface area contributed by atoms with Crippen molar-refractivity contribution in [3.8, 4) is 0 Å². The Balaban J connectivity index is 1.97. The quantitative estimate of drug-likeness (QED) is 0.603. The number of hydrogen-bond donors (Lipinski definition) is 1. The molecule has 0 atom stereocenters. The minimum Gasteiger partial charge on any atom is -0.459 e. The number of amides is 1. The van der Waals surface area contributed by atoms with Gasteiger partial charge in [0.1, 0.15) is 12.1 Å². The third-order valence-electron chi connectivity index (χ3n) is 3.65. The SMILES string of the molecule is CN(CC(=O)OC(C)(C)C)C(=O)c1ccc(N=Nc2ccc(CO)cc2)cc1. The largest absolute Gasteiger partial charge is 0.459 e. The van der Waals surface area contributed by atoms with Gasteiger partial charge in [0.05, 0.1) is 18.0 Å². The monoisotopic (exact) mass is 383 g/mol. The summed E-state index contributed by atoms with van der Waals surface area (Å²) >= 11 is 0. The van der Waals surface area contributed by atoms with E-state index >= 15 is 0 Å². The summed E-state index contributed by atoms with van der Waals surface area (Å²) in [5.74, 6) is -0.741. The number of benzene rings is 2. The number of esters is 1. The Labute approximate surface area is 164 Å². The number of carbonyl (C=O) groups excluding carboxylic acids is 2. The molecule has 0 bridgehead atoms. The maximum Gasteiger partial charge on any atom is 0.326 e. The number of ether oxygens (including phenoxy) is 1. The molecule has 1 amide bonds. The number of azo groups is 1. The van der Waals surface area contributed by atoms with E-state index in [1.165, 1.54) is 4.90 Å². The van der Waals surface area contributed by atoms with E-state index in [2.05, 4.69) is 10.2 Å². The summed E-state index contributed by atoms with van der Waals surface area (Å²) in [6.45, 7) is 5.19. The lowest BCUT2D eigenvalue weighted by Crippen LogP contribution is -2.36. The molecule has 148 valence electrons. The number of likely N-dealkylation sites (N-methyl/N-ethyl adjacent to an activating group) is 1. The molecule has 0 saturated heterocycles. The Morgan fingerprint density at radius 1 is 0.964 bits per heavy atom. The lowest BCUT2D eigenvalue weighted by molar-refractivity contribution is -0.155. The van der Waals surface area contributed by atoms with Crippen LogP contribution in [0.2, 0.25) is 0 Å². The molecule has 0 aromatic heterocycles. The van der Waals surface area contributed by atoms with Gasteiger partial charge in [0.15, 0.2) is 0 Å². The van der Waals surface area contributed by atoms with Crippen LogP contribution in [0.5, 0.6) is 0 Å². The summed E-state index contributed by atoms with van der Waals surface area (Å²) in [4.78, 5) is 25.6. The number of aliphatic hydroxyl groups is 1. The highest BCUT2D eigenvalue weighted by Gasteiger charge is 2.20. The van der Waals surface area contributed by atoms with Gasteiger partial charge in [0.25, 0.3) is 5.91 Å². The second kappa shape index (κ2) is 9.23. The molecule has 2 aromatic carbocycles. The predicted octanol–water partition coefficient (Wildman–Crippen LogP) is 4.01. The van der Waals surface area contributed by atoms with Gasteiger partial charge < -0.3 is 14.7 Å². The van der Waals surface area contributed by atoms with Crippen molar-refractivity contribution in [1.29, 1.82) is 0 Å². The van der Waals surface area contributed by atoms with E-state index in [4.69, 9.17) is 9.84 Å². The Bertz CT molecular complexity index is 837. The average Bonchev–Trinajstić information content (AvgIpc) is 2.65. The van der Waals surface area contributed by atoms with Crippen LogP contribution < -0.4 is 0 Å². The third-order valence-corrected chi connectivity index (χ3v) is 3.65. The van der Waals surface area contributed by atoms with Crippen molar-refractivity contribution < 1.29 is 19.4 Å². The van der Waals surface area contributed by atoms with Gasteiger partial charge in [-0.2, -0.15) is 10.2 Å². The van der Waals surface area contributed by atoms with Gasteiger partial charge in [-0.1, -0.05) is 12.1 Å². The summed E-state index contributed by atoms with van der Waals surface area (Å²) in [5, 5.41) is 17.3. The molecule has 0 aliphatic carbocycles. The number of rotatable bonds is 6. The van der Waals surface area contributed by atoms with Crippen molar-refractivity contribution in [2.45, 2.75) is 33.0 Å². The first-order valence-electron chi connectivity index (χ1n) is 8.87. The lowest BCUT2D eigenvalue weighted by Gasteiger charge is -2.22. The van der Waals surface area contributed by atoms with Crippen molar-refractivity contribution in [3.63, 3.8) is 0 Å². The van der Waals surface area contributed by atoms with Crippen molar-refractivity contribution >= 4 is 23.3 Å². The molecule has 7 nitrogen and oxygen atoms in total. The van der Waals surface area contributed by atoms with Gasteiger partial charge in [-0.15, -0.1) is 0 Å². The van der Waals surface area contributed by atoms with E-state index in [0.29, 0.717) is 16.9 Å². The van der Waals surface area contributed by atoms with Crippen molar-refractivity contribution in [2.24, 2.45) is 10.2 Å². The molecule has 2 aromatic rings. The summed E-state index contributed by atoms with van der Waals surface area (Å²) in [6.07, 6.45) is 0. The molecule has 0 aliphatic heterocycles. The van der Waals surface area contributed by atoms with E-state index < -0.39 is 11.6 Å². The molecule has 0 fully saturated rings.